The fourth-order valence-electron chi connectivity index (χ4n) is 2.27. The number of nitrogens with zero attached hydrogens (tertiary/aromatic N) is 2. The molecular weight excluding hydrogens is 362 g/mol. The second-order valence-corrected chi connectivity index (χ2v) is 6.37. The summed E-state index contributed by atoms with van der Waals surface area (Å²) in [6.45, 7) is 0.708. The number of hydrogen-bond donors (Lipinski definition) is 1. The molecule has 0 aliphatic carbocycles. The Labute approximate surface area is 143 Å². The van der Waals surface area contributed by atoms with E-state index in [2.05, 4.69) is 42.9 Å². The molecule has 1 aromatic heterocycles. The van der Waals surface area contributed by atoms with Crippen molar-refractivity contribution in [1.82, 2.24) is 9.55 Å². The molecular formula is C17H15BrClN3. The molecule has 0 amide bonds. The van der Waals surface area contributed by atoms with Crippen molar-refractivity contribution in [2.75, 3.05) is 5.32 Å². The third kappa shape index (κ3) is 3.34. The highest BCUT2D eigenvalue weighted by molar-refractivity contribution is 9.10. The summed E-state index contributed by atoms with van der Waals surface area (Å²) in [5, 5.41) is 4.10. The van der Waals surface area contributed by atoms with Crippen LogP contribution in [0.25, 0.3) is 11.3 Å². The molecule has 0 radical (unpaired) electrons. The third-order valence-electron chi connectivity index (χ3n) is 3.47. The molecule has 0 bridgehead atoms. The van der Waals surface area contributed by atoms with E-state index in [1.807, 2.05) is 49.6 Å². The van der Waals surface area contributed by atoms with E-state index < -0.39 is 0 Å². The summed E-state index contributed by atoms with van der Waals surface area (Å²) in [5.74, 6) is 0.838. The van der Waals surface area contributed by atoms with Crippen molar-refractivity contribution in [3.05, 3.63) is 69.8 Å². The van der Waals surface area contributed by atoms with Gasteiger partial charge in [-0.3, -0.25) is 0 Å². The van der Waals surface area contributed by atoms with Crippen LogP contribution in [0.5, 0.6) is 0 Å². The number of hydrogen-bond acceptors (Lipinski definition) is 2. The molecule has 5 heteroatoms. The Kier molecular flexibility index (Phi) is 4.50. The lowest BCUT2D eigenvalue weighted by Gasteiger charge is -2.09. The quantitative estimate of drug-likeness (QED) is 0.685. The molecule has 0 saturated heterocycles. The minimum atomic E-state index is 0.708. The summed E-state index contributed by atoms with van der Waals surface area (Å²) in [6, 6.07) is 16.0. The van der Waals surface area contributed by atoms with E-state index in [-0.39, 0.29) is 0 Å². The second kappa shape index (κ2) is 6.55. The van der Waals surface area contributed by atoms with Crippen LogP contribution in [0.2, 0.25) is 5.02 Å². The Bertz CT molecular complexity index is 781. The Morgan fingerprint density at radius 2 is 1.95 bits per heavy atom. The molecule has 3 aromatic rings. The summed E-state index contributed by atoms with van der Waals surface area (Å²) >= 11 is 9.40. The zero-order valence-electron chi connectivity index (χ0n) is 12.1. The molecule has 0 spiro atoms. The molecule has 22 heavy (non-hydrogen) atoms. The van der Waals surface area contributed by atoms with E-state index in [0.29, 0.717) is 6.54 Å². The van der Waals surface area contributed by atoms with Crippen LogP contribution in [0.15, 0.2) is 59.2 Å². The van der Waals surface area contributed by atoms with E-state index in [0.717, 1.165) is 32.3 Å². The van der Waals surface area contributed by atoms with Crippen molar-refractivity contribution in [2.45, 2.75) is 6.54 Å². The molecule has 0 saturated carbocycles. The van der Waals surface area contributed by atoms with Gasteiger partial charge in [0.1, 0.15) is 0 Å². The number of anilines is 1. The van der Waals surface area contributed by atoms with Crippen molar-refractivity contribution in [3.63, 3.8) is 0 Å². The zero-order chi connectivity index (χ0) is 15.5. The van der Waals surface area contributed by atoms with Crippen LogP contribution >= 0.6 is 27.5 Å². The Morgan fingerprint density at radius 3 is 2.68 bits per heavy atom. The lowest BCUT2D eigenvalue weighted by atomic mass is 10.2. The van der Waals surface area contributed by atoms with Crippen molar-refractivity contribution < 1.29 is 0 Å². The van der Waals surface area contributed by atoms with Crippen LogP contribution in [0, 0.1) is 0 Å². The average Bonchev–Trinajstić information content (AvgIpc) is 2.88. The molecule has 0 atom stereocenters. The first kappa shape index (κ1) is 15.1. The smallest absolute Gasteiger partial charge is 0.203 e. The van der Waals surface area contributed by atoms with Crippen LogP contribution in [-0.4, -0.2) is 9.55 Å². The number of nitrogens with one attached hydrogen (secondary N) is 1. The van der Waals surface area contributed by atoms with E-state index >= 15 is 0 Å². The summed E-state index contributed by atoms with van der Waals surface area (Å²) in [5.41, 5.74) is 3.36. The van der Waals surface area contributed by atoms with Gasteiger partial charge in [0, 0.05) is 28.7 Å². The molecule has 0 unspecified atom stereocenters. The topological polar surface area (TPSA) is 29.9 Å². The largest absolute Gasteiger partial charge is 0.352 e. The van der Waals surface area contributed by atoms with Crippen LogP contribution in [0.4, 0.5) is 5.95 Å². The van der Waals surface area contributed by atoms with Gasteiger partial charge in [-0.25, -0.2) is 4.98 Å². The minimum Gasteiger partial charge on any atom is -0.352 e. The van der Waals surface area contributed by atoms with Crippen LogP contribution in [-0.2, 0) is 13.6 Å². The number of halogens is 2. The van der Waals surface area contributed by atoms with Gasteiger partial charge in [0.25, 0.3) is 0 Å². The molecule has 3 rings (SSSR count). The summed E-state index contributed by atoms with van der Waals surface area (Å²) in [7, 11) is 2.01. The van der Waals surface area contributed by atoms with Crippen molar-refractivity contribution in [2.24, 2.45) is 7.05 Å². The fraction of sp³-hybridized carbons (Fsp3) is 0.118. The number of rotatable bonds is 4. The molecule has 3 nitrogen and oxygen atoms in total. The molecule has 0 aliphatic heterocycles. The van der Waals surface area contributed by atoms with Gasteiger partial charge in [0.05, 0.1) is 11.9 Å². The highest BCUT2D eigenvalue weighted by Crippen LogP contribution is 2.25. The summed E-state index contributed by atoms with van der Waals surface area (Å²) < 4.78 is 3.11. The highest BCUT2D eigenvalue weighted by Gasteiger charge is 2.08. The Morgan fingerprint density at radius 1 is 1.18 bits per heavy atom. The number of imidazole rings is 1. The fourth-order valence-corrected chi connectivity index (χ4v) is 2.80. The Hall–Kier alpha value is -1.78. The zero-order valence-corrected chi connectivity index (χ0v) is 14.4. The lowest BCUT2D eigenvalue weighted by Crippen LogP contribution is -2.05. The van der Waals surface area contributed by atoms with Crippen LogP contribution in [0.3, 0.4) is 0 Å². The standard InChI is InChI=1S/C17H15BrClN3/c1-22-16(13-3-2-4-14(18)9-13)11-21-17(22)20-10-12-5-7-15(19)8-6-12/h2-9,11H,10H2,1H3,(H,20,21). The summed E-state index contributed by atoms with van der Waals surface area (Å²) in [6.07, 6.45) is 1.88. The van der Waals surface area contributed by atoms with Gasteiger partial charge < -0.3 is 9.88 Å². The lowest BCUT2D eigenvalue weighted by molar-refractivity contribution is 0.907. The molecule has 112 valence electrons. The van der Waals surface area contributed by atoms with E-state index in [1.165, 1.54) is 0 Å². The first-order valence-electron chi connectivity index (χ1n) is 6.89. The maximum Gasteiger partial charge on any atom is 0.203 e. The van der Waals surface area contributed by atoms with E-state index in [9.17, 15) is 0 Å². The van der Waals surface area contributed by atoms with E-state index in [1.54, 1.807) is 0 Å². The number of aromatic nitrogens is 2. The van der Waals surface area contributed by atoms with Crippen molar-refractivity contribution in [3.8, 4) is 11.3 Å². The molecule has 0 aliphatic rings. The monoisotopic (exact) mass is 375 g/mol. The normalized spacial score (nSPS) is 10.7. The van der Waals surface area contributed by atoms with Gasteiger partial charge in [0.15, 0.2) is 0 Å². The highest BCUT2D eigenvalue weighted by atomic mass is 79.9. The first-order chi connectivity index (χ1) is 10.6. The van der Waals surface area contributed by atoms with Gasteiger partial charge in [-0.15, -0.1) is 0 Å². The number of benzene rings is 2. The first-order valence-corrected chi connectivity index (χ1v) is 8.06. The molecule has 1 N–H and O–H groups in total. The Balaban J connectivity index is 1.77. The third-order valence-corrected chi connectivity index (χ3v) is 4.22. The van der Waals surface area contributed by atoms with Gasteiger partial charge in [-0.05, 0) is 29.8 Å². The van der Waals surface area contributed by atoms with Gasteiger partial charge in [-0.2, -0.15) is 0 Å². The predicted molar refractivity (Wildman–Crippen MR) is 95.1 cm³/mol. The minimum absolute atomic E-state index is 0.708. The average molecular weight is 377 g/mol. The van der Waals surface area contributed by atoms with Crippen molar-refractivity contribution in [1.29, 1.82) is 0 Å². The van der Waals surface area contributed by atoms with Crippen LogP contribution in [0.1, 0.15) is 5.56 Å². The molecule has 0 fully saturated rings. The molecule has 2 aromatic carbocycles. The van der Waals surface area contributed by atoms with Gasteiger partial charge in [0.2, 0.25) is 5.95 Å². The maximum absolute atomic E-state index is 5.90. The predicted octanol–water partition coefficient (Wildman–Crippen LogP) is 5.12. The second-order valence-electron chi connectivity index (χ2n) is 5.02. The molecule has 1 heterocycles. The van der Waals surface area contributed by atoms with Crippen LogP contribution < -0.4 is 5.32 Å². The van der Waals surface area contributed by atoms with E-state index in [4.69, 9.17) is 11.6 Å². The summed E-state index contributed by atoms with van der Waals surface area (Å²) in [4.78, 5) is 4.46. The van der Waals surface area contributed by atoms with Gasteiger partial charge >= 0.3 is 0 Å². The SMILES string of the molecule is Cn1c(-c2cccc(Br)c2)cnc1NCc1ccc(Cl)cc1. The maximum atomic E-state index is 5.90. The van der Waals surface area contributed by atoms with Gasteiger partial charge in [-0.1, -0.05) is 51.8 Å². The van der Waals surface area contributed by atoms with Crippen molar-refractivity contribution >= 4 is 33.5 Å².